The van der Waals surface area contributed by atoms with Gasteiger partial charge in [-0.15, -0.1) is 0 Å². The molecular weight excluding hydrogens is 314 g/mol. The topological polar surface area (TPSA) is 64.7 Å². The van der Waals surface area contributed by atoms with Crippen LogP contribution in [-0.2, 0) is 18.4 Å². The van der Waals surface area contributed by atoms with E-state index in [1.54, 1.807) is 6.20 Å². The molecule has 0 aliphatic carbocycles. The van der Waals surface area contributed by atoms with Crippen LogP contribution in [0.15, 0.2) is 42.7 Å². The van der Waals surface area contributed by atoms with E-state index in [-0.39, 0.29) is 17.9 Å². The van der Waals surface area contributed by atoms with Crippen LogP contribution in [0.5, 0.6) is 0 Å². The van der Waals surface area contributed by atoms with E-state index in [0.29, 0.717) is 6.42 Å². The molecule has 0 spiro atoms. The van der Waals surface area contributed by atoms with Crippen LogP contribution in [0.2, 0.25) is 0 Å². The normalized spacial score (nSPS) is 12.6. The number of nitrogens with zero attached hydrogens (tertiary/aromatic N) is 4. The van der Waals surface area contributed by atoms with Gasteiger partial charge >= 0.3 is 0 Å². The summed E-state index contributed by atoms with van der Waals surface area (Å²) in [5, 5.41) is 7.32. The predicted octanol–water partition coefficient (Wildman–Crippen LogP) is 3.06. The highest BCUT2D eigenvalue weighted by molar-refractivity contribution is 5.78. The van der Waals surface area contributed by atoms with Gasteiger partial charge in [-0.1, -0.05) is 26.0 Å². The van der Waals surface area contributed by atoms with Crippen molar-refractivity contribution in [2.24, 2.45) is 13.0 Å². The van der Waals surface area contributed by atoms with Gasteiger partial charge in [0.25, 0.3) is 0 Å². The smallest absolute Gasteiger partial charge is 0.220 e. The lowest BCUT2D eigenvalue weighted by Gasteiger charge is -2.22. The molecule has 1 amide bonds. The lowest BCUT2D eigenvalue weighted by molar-refractivity contribution is -0.122. The number of aromatic nitrogens is 4. The van der Waals surface area contributed by atoms with Gasteiger partial charge in [0.1, 0.15) is 5.82 Å². The van der Waals surface area contributed by atoms with Crippen LogP contribution in [-0.4, -0.2) is 25.2 Å². The van der Waals surface area contributed by atoms with Crippen LogP contribution in [0.3, 0.4) is 0 Å². The van der Waals surface area contributed by atoms with Crippen molar-refractivity contribution in [1.29, 1.82) is 0 Å². The summed E-state index contributed by atoms with van der Waals surface area (Å²) in [6.45, 7) is 4.96. The van der Waals surface area contributed by atoms with E-state index < -0.39 is 0 Å². The summed E-state index contributed by atoms with van der Waals surface area (Å²) in [4.78, 5) is 17.2. The molecule has 0 saturated carbocycles. The SMILES string of the molecule is CC(C)C(NC(=O)CCCn1cccn1)c1nc2ccccc2n1C. The van der Waals surface area contributed by atoms with Crippen LogP contribution in [0.25, 0.3) is 11.0 Å². The zero-order valence-corrected chi connectivity index (χ0v) is 15.0. The second kappa shape index (κ2) is 7.51. The molecule has 1 atom stereocenters. The van der Waals surface area contributed by atoms with Crippen LogP contribution in [0.4, 0.5) is 0 Å². The molecule has 2 heterocycles. The third-order valence-corrected chi connectivity index (χ3v) is 4.43. The summed E-state index contributed by atoms with van der Waals surface area (Å²) < 4.78 is 3.92. The maximum absolute atomic E-state index is 12.4. The first-order chi connectivity index (χ1) is 12.1. The summed E-state index contributed by atoms with van der Waals surface area (Å²) >= 11 is 0. The summed E-state index contributed by atoms with van der Waals surface area (Å²) in [6, 6.07) is 9.83. The number of fused-ring (bicyclic) bond motifs is 1. The van der Waals surface area contributed by atoms with Crippen molar-refractivity contribution in [2.45, 2.75) is 39.3 Å². The standard InChI is InChI=1S/C19H25N5O/c1-14(2)18(19-21-15-8-4-5-9-16(15)23(19)3)22-17(25)10-6-12-24-13-7-11-20-24/h4-5,7-9,11,13-14,18H,6,10,12H2,1-3H3,(H,22,25). The Kier molecular flexibility index (Phi) is 5.16. The largest absolute Gasteiger partial charge is 0.346 e. The van der Waals surface area contributed by atoms with Crippen LogP contribution in [0, 0.1) is 5.92 Å². The number of rotatable bonds is 7. The van der Waals surface area contributed by atoms with Gasteiger partial charge in [-0.05, 0) is 30.5 Å². The molecule has 0 aliphatic rings. The van der Waals surface area contributed by atoms with Gasteiger partial charge < -0.3 is 9.88 Å². The average Bonchev–Trinajstić information content (AvgIpc) is 3.21. The molecule has 3 aromatic rings. The van der Waals surface area contributed by atoms with Crippen molar-refractivity contribution in [1.82, 2.24) is 24.6 Å². The maximum atomic E-state index is 12.4. The molecule has 0 fully saturated rings. The van der Waals surface area contributed by atoms with Crippen molar-refractivity contribution in [3.05, 3.63) is 48.5 Å². The molecule has 1 N–H and O–H groups in total. The Morgan fingerprint density at radius 1 is 1.24 bits per heavy atom. The molecule has 25 heavy (non-hydrogen) atoms. The minimum absolute atomic E-state index is 0.0536. The Morgan fingerprint density at radius 3 is 2.72 bits per heavy atom. The third kappa shape index (κ3) is 3.90. The minimum atomic E-state index is -0.102. The lowest BCUT2D eigenvalue weighted by atomic mass is 10.0. The van der Waals surface area contributed by atoms with Crippen LogP contribution in [0.1, 0.15) is 38.6 Å². The van der Waals surface area contributed by atoms with Crippen LogP contribution >= 0.6 is 0 Å². The number of carbonyl (C=O) groups excluding carboxylic acids is 1. The zero-order chi connectivity index (χ0) is 17.8. The van der Waals surface area contributed by atoms with Gasteiger partial charge in [0.05, 0.1) is 17.1 Å². The maximum Gasteiger partial charge on any atom is 0.220 e. The molecule has 0 radical (unpaired) electrons. The molecule has 0 aliphatic heterocycles. The van der Waals surface area contributed by atoms with E-state index in [4.69, 9.17) is 4.98 Å². The van der Waals surface area contributed by atoms with Crippen molar-refractivity contribution in [3.8, 4) is 0 Å². The molecule has 6 heteroatoms. The minimum Gasteiger partial charge on any atom is -0.346 e. The number of carbonyl (C=O) groups is 1. The van der Waals surface area contributed by atoms with E-state index >= 15 is 0 Å². The number of hydrogen-bond donors (Lipinski definition) is 1. The van der Waals surface area contributed by atoms with Gasteiger partial charge in [-0.25, -0.2) is 4.98 Å². The summed E-state index contributed by atoms with van der Waals surface area (Å²) in [6.07, 6.45) is 4.91. The number of aryl methyl sites for hydroxylation is 2. The van der Waals surface area contributed by atoms with E-state index in [9.17, 15) is 4.79 Å². The van der Waals surface area contributed by atoms with Crippen LogP contribution < -0.4 is 5.32 Å². The predicted molar refractivity (Wildman–Crippen MR) is 97.9 cm³/mol. The van der Waals surface area contributed by atoms with Gasteiger partial charge in [-0.2, -0.15) is 5.10 Å². The first-order valence-corrected chi connectivity index (χ1v) is 8.74. The fourth-order valence-corrected chi connectivity index (χ4v) is 3.05. The Bertz CT molecular complexity index is 835. The molecular formula is C19H25N5O. The first-order valence-electron chi connectivity index (χ1n) is 8.74. The van der Waals surface area contributed by atoms with Gasteiger partial charge in [0.15, 0.2) is 0 Å². The van der Waals surface area contributed by atoms with Crippen molar-refractivity contribution >= 4 is 16.9 Å². The monoisotopic (exact) mass is 339 g/mol. The van der Waals surface area contributed by atoms with Crippen molar-refractivity contribution in [3.63, 3.8) is 0 Å². The fraction of sp³-hybridized carbons (Fsp3) is 0.421. The second-order valence-electron chi connectivity index (χ2n) is 6.68. The van der Waals surface area contributed by atoms with Gasteiger partial charge in [-0.3, -0.25) is 9.48 Å². The van der Waals surface area contributed by atoms with E-state index in [0.717, 1.165) is 29.8 Å². The Labute approximate surface area is 147 Å². The molecule has 1 unspecified atom stereocenters. The zero-order valence-electron chi connectivity index (χ0n) is 15.0. The van der Waals surface area contributed by atoms with Crippen molar-refractivity contribution in [2.75, 3.05) is 0 Å². The van der Waals surface area contributed by atoms with Gasteiger partial charge in [0, 0.05) is 32.4 Å². The number of benzene rings is 1. The first kappa shape index (κ1) is 17.2. The quantitative estimate of drug-likeness (QED) is 0.719. The summed E-state index contributed by atoms with van der Waals surface area (Å²) in [5.74, 6) is 1.21. The molecule has 132 valence electrons. The molecule has 3 rings (SSSR count). The third-order valence-electron chi connectivity index (χ3n) is 4.43. The highest BCUT2D eigenvalue weighted by Crippen LogP contribution is 2.24. The van der Waals surface area contributed by atoms with E-state index in [2.05, 4.69) is 34.9 Å². The van der Waals surface area contributed by atoms with E-state index in [1.807, 2.05) is 42.2 Å². The Balaban J connectivity index is 1.68. The highest BCUT2D eigenvalue weighted by Gasteiger charge is 2.23. The average molecular weight is 339 g/mol. The second-order valence-corrected chi connectivity index (χ2v) is 6.68. The molecule has 6 nitrogen and oxygen atoms in total. The Hall–Kier alpha value is -2.63. The molecule has 1 aromatic carbocycles. The fourth-order valence-electron chi connectivity index (χ4n) is 3.05. The van der Waals surface area contributed by atoms with E-state index in [1.165, 1.54) is 0 Å². The molecule has 0 bridgehead atoms. The number of imidazole rings is 1. The lowest BCUT2D eigenvalue weighted by Crippen LogP contribution is -2.33. The number of amides is 1. The molecule has 2 aromatic heterocycles. The summed E-state index contributed by atoms with van der Waals surface area (Å²) in [7, 11) is 2.00. The highest BCUT2D eigenvalue weighted by atomic mass is 16.1. The summed E-state index contributed by atoms with van der Waals surface area (Å²) in [5.41, 5.74) is 2.04. The number of hydrogen-bond acceptors (Lipinski definition) is 3. The van der Waals surface area contributed by atoms with Crippen molar-refractivity contribution < 1.29 is 4.79 Å². The Morgan fingerprint density at radius 2 is 2.04 bits per heavy atom. The molecule has 0 saturated heterocycles. The van der Waals surface area contributed by atoms with Gasteiger partial charge in [0.2, 0.25) is 5.91 Å². The number of para-hydroxylation sites is 2. The number of nitrogens with one attached hydrogen (secondary N) is 1.